The minimum absolute atomic E-state index is 0.369. The summed E-state index contributed by atoms with van der Waals surface area (Å²) < 4.78 is 15.4. The lowest BCUT2D eigenvalue weighted by Gasteiger charge is -2.10. The molecule has 0 saturated heterocycles. The Labute approximate surface area is 161 Å². The van der Waals surface area contributed by atoms with E-state index in [-0.39, 0.29) is 5.91 Å². The first-order valence-corrected chi connectivity index (χ1v) is 9.11. The quantitative estimate of drug-likeness (QED) is 0.597. The summed E-state index contributed by atoms with van der Waals surface area (Å²) in [6.45, 7) is 2.16. The largest absolute Gasteiger partial charge is 0.493 e. The Kier molecular flexibility index (Phi) is 6.35. The average Bonchev–Trinajstić information content (AvgIpc) is 3.13. The molecule has 0 spiro atoms. The molecule has 0 fully saturated rings. The number of carbonyl (C=O) groups is 1. The van der Waals surface area contributed by atoms with Gasteiger partial charge in [0.25, 0.3) is 11.1 Å². The van der Waals surface area contributed by atoms with Crippen LogP contribution in [0.15, 0.2) is 48.5 Å². The lowest BCUT2D eigenvalue weighted by atomic mass is 10.1. The highest BCUT2D eigenvalue weighted by molar-refractivity contribution is 7.07. The van der Waals surface area contributed by atoms with Crippen LogP contribution in [0.5, 0.6) is 16.7 Å². The molecule has 27 heavy (non-hydrogen) atoms. The number of benzene rings is 2. The highest BCUT2D eigenvalue weighted by Gasteiger charge is 2.14. The molecule has 0 aliphatic rings. The Morgan fingerprint density at radius 3 is 2.70 bits per heavy atom. The maximum Gasteiger partial charge on any atom is 0.298 e. The minimum atomic E-state index is -0.369. The van der Waals surface area contributed by atoms with Gasteiger partial charge >= 0.3 is 0 Å². The third-order valence-electron chi connectivity index (χ3n) is 3.59. The number of ether oxygens (including phenoxy) is 2. The standard InChI is InChI=1S/C19H19N3O4S/c1-3-25-21-18(23)14-9-10-15(24-2)16(12-14)26-19-20-17(22-27-19)11-13-7-5-4-6-8-13/h4-10,12H,3,11H2,1-2H3,(H,21,23). The summed E-state index contributed by atoms with van der Waals surface area (Å²) in [5, 5.41) is 0.376. The molecule has 1 aromatic heterocycles. The number of methoxy groups -OCH3 is 1. The first kappa shape index (κ1) is 18.8. The number of aromatic nitrogens is 2. The van der Waals surface area contributed by atoms with Crippen molar-refractivity contribution >= 4 is 17.4 Å². The molecule has 3 rings (SSSR count). The third-order valence-corrected chi connectivity index (χ3v) is 4.22. The van der Waals surface area contributed by atoms with E-state index in [9.17, 15) is 4.79 Å². The highest BCUT2D eigenvalue weighted by Crippen LogP contribution is 2.33. The van der Waals surface area contributed by atoms with Crippen molar-refractivity contribution in [3.63, 3.8) is 0 Å². The third kappa shape index (κ3) is 5.02. The second-order valence-electron chi connectivity index (χ2n) is 5.47. The molecule has 1 N–H and O–H groups in total. The molecule has 1 heterocycles. The zero-order chi connectivity index (χ0) is 19.1. The smallest absolute Gasteiger partial charge is 0.298 e. The van der Waals surface area contributed by atoms with Crippen molar-refractivity contribution in [2.45, 2.75) is 13.3 Å². The SMILES string of the molecule is CCONC(=O)c1ccc(OC)c(Oc2nc(Cc3ccccc3)ns2)c1. The molecule has 7 nitrogen and oxygen atoms in total. The molecule has 0 radical (unpaired) electrons. The number of amides is 1. The molecule has 0 aliphatic heterocycles. The van der Waals surface area contributed by atoms with Gasteiger partial charge in [-0.2, -0.15) is 9.36 Å². The summed E-state index contributed by atoms with van der Waals surface area (Å²) in [6, 6.07) is 14.8. The van der Waals surface area contributed by atoms with Crippen LogP contribution in [-0.2, 0) is 11.3 Å². The number of rotatable bonds is 8. The van der Waals surface area contributed by atoms with Gasteiger partial charge in [-0.3, -0.25) is 9.63 Å². The van der Waals surface area contributed by atoms with Crippen molar-refractivity contribution < 1.29 is 19.1 Å². The molecule has 0 aliphatic carbocycles. The van der Waals surface area contributed by atoms with E-state index in [0.717, 1.165) is 17.1 Å². The van der Waals surface area contributed by atoms with E-state index in [2.05, 4.69) is 14.8 Å². The number of hydrogen-bond donors (Lipinski definition) is 1. The van der Waals surface area contributed by atoms with Crippen LogP contribution in [0.25, 0.3) is 0 Å². The Hall–Kier alpha value is -2.97. The zero-order valence-corrected chi connectivity index (χ0v) is 15.8. The van der Waals surface area contributed by atoms with Gasteiger partial charge in [0.05, 0.1) is 13.7 Å². The van der Waals surface area contributed by atoms with E-state index in [4.69, 9.17) is 14.3 Å². The maximum atomic E-state index is 12.1. The molecule has 140 valence electrons. The molecule has 1 amide bonds. The van der Waals surface area contributed by atoms with E-state index in [1.807, 2.05) is 30.3 Å². The zero-order valence-electron chi connectivity index (χ0n) is 15.0. The number of nitrogens with one attached hydrogen (secondary N) is 1. The Morgan fingerprint density at radius 1 is 1.15 bits per heavy atom. The first-order valence-electron chi connectivity index (χ1n) is 8.34. The van der Waals surface area contributed by atoms with Crippen molar-refractivity contribution in [2.75, 3.05) is 13.7 Å². The number of nitrogens with zero attached hydrogens (tertiary/aromatic N) is 2. The monoisotopic (exact) mass is 385 g/mol. The molecule has 8 heteroatoms. The number of carbonyl (C=O) groups excluding carboxylic acids is 1. The molecule has 0 bridgehead atoms. The Morgan fingerprint density at radius 2 is 1.96 bits per heavy atom. The lowest BCUT2D eigenvalue weighted by molar-refractivity contribution is 0.0364. The molecule has 0 atom stereocenters. The first-order chi connectivity index (χ1) is 13.2. The van der Waals surface area contributed by atoms with E-state index in [1.54, 1.807) is 25.1 Å². The van der Waals surface area contributed by atoms with Gasteiger partial charge in [-0.15, -0.1) is 0 Å². The molecular weight excluding hydrogens is 366 g/mol. The van der Waals surface area contributed by atoms with Crippen molar-refractivity contribution in [2.24, 2.45) is 0 Å². The topological polar surface area (TPSA) is 82.6 Å². The molecule has 3 aromatic rings. The van der Waals surface area contributed by atoms with Gasteiger partial charge in [-0.1, -0.05) is 30.3 Å². The van der Waals surface area contributed by atoms with Crippen LogP contribution in [0.3, 0.4) is 0 Å². The fourth-order valence-electron chi connectivity index (χ4n) is 2.32. The van der Waals surface area contributed by atoms with E-state index >= 15 is 0 Å². The predicted octanol–water partition coefficient (Wildman–Crippen LogP) is 3.61. The van der Waals surface area contributed by atoms with Crippen LogP contribution in [-0.4, -0.2) is 29.0 Å². The van der Waals surface area contributed by atoms with Crippen LogP contribution in [0, 0.1) is 0 Å². The summed E-state index contributed by atoms with van der Waals surface area (Å²) in [7, 11) is 1.53. The van der Waals surface area contributed by atoms with Crippen molar-refractivity contribution in [1.82, 2.24) is 14.8 Å². The summed E-state index contributed by atoms with van der Waals surface area (Å²) in [6.07, 6.45) is 0.620. The van der Waals surface area contributed by atoms with Crippen LogP contribution < -0.4 is 15.0 Å². The van der Waals surface area contributed by atoms with Gasteiger partial charge in [0, 0.05) is 23.5 Å². The van der Waals surface area contributed by atoms with Gasteiger partial charge in [0.1, 0.15) is 0 Å². The van der Waals surface area contributed by atoms with Crippen LogP contribution in [0.2, 0.25) is 0 Å². The van der Waals surface area contributed by atoms with Gasteiger partial charge < -0.3 is 9.47 Å². The van der Waals surface area contributed by atoms with E-state index in [1.165, 1.54) is 7.11 Å². The summed E-state index contributed by atoms with van der Waals surface area (Å²) in [5.41, 5.74) is 3.85. The van der Waals surface area contributed by atoms with Gasteiger partial charge in [0.2, 0.25) is 0 Å². The number of hydroxylamine groups is 1. The van der Waals surface area contributed by atoms with Gasteiger partial charge in [-0.25, -0.2) is 5.48 Å². The second kappa shape index (κ2) is 9.11. The van der Waals surface area contributed by atoms with Crippen molar-refractivity contribution in [1.29, 1.82) is 0 Å². The normalized spacial score (nSPS) is 10.4. The van der Waals surface area contributed by atoms with Crippen molar-refractivity contribution in [3.8, 4) is 16.7 Å². The fourth-order valence-corrected chi connectivity index (χ4v) is 2.88. The fraction of sp³-hybridized carbons (Fsp3) is 0.211. The molecule has 2 aromatic carbocycles. The van der Waals surface area contributed by atoms with Gasteiger partial charge in [-0.05, 0) is 30.7 Å². The Bertz CT molecular complexity index is 899. The predicted molar refractivity (Wildman–Crippen MR) is 101 cm³/mol. The highest BCUT2D eigenvalue weighted by atomic mass is 32.1. The molecular formula is C19H19N3O4S. The van der Waals surface area contributed by atoms with Crippen LogP contribution in [0.1, 0.15) is 28.7 Å². The van der Waals surface area contributed by atoms with Crippen LogP contribution >= 0.6 is 11.5 Å². The van der Waals surface area contributed by atoms with Gasteiger partial charge in [0.15, 0.2) is 17.3 Å². The summed E-state index contributed by atoms with van der Waals surface area (Å²) in [4.78, 5) is 21.4. The van der Waals surface area contributed by atoms with Crippen LogP contribution in [0.4, 0.5) is 0 Å². The average molecular weight is 385 g/mol. The number of hydrogen-bond acceptors (Lipinski definition) is 7. The summed E-state index contributed by atoms with van der Waals surface area (Å²) in [5.74, 6) is 1.17. The Balaban J connectivity index is 1.75. The lowest BCUT2D eigenvalue weighted by Crippen LogP contribution is -2.23. The second-order valence-corrected chi connectivity index (χ2v) is 6.19. The minimum Gasteiger partial charge on any atom is -0.493 e. The van der Waals surface area contributed by atoms with E-state index in [0.29, 0.717) is 41.1 Å². The maximum absolute atomic E-state index is 12.1. The van der Waals surface area contributed by atoms with Crippen molar-refractivity contribution in [3.05, 3.63) is 65.5 Å². The molecule has 0 unspecified atom stereocenters. The van der Waals surface area contributed by atoms with E-state index < -0.39 is 0 Å². The molecule has 0 saturated carbocycles. The summed E-state index contributed by atoms with van der Waals surface area (Å²) >= 11 is 1.15.